The molecule has 2 heterocycles. The molecule has 2 aliphatic heterocycles. The molecule has 5 aromatic rings. The van der Waals surface area contributed by atoms with Crippen LogP contribution in [0.2, 0.25) is 0 Å². The van der Waals surface area contributed by atoms with Crippen LogP contribution < -0.4 is 21.3 Å². The molecule has 3 aliphatic rings. The molecule has 8 rings (SSSR count). The molecule has 12 nitrogen and oxygen atoms in total. The van der Waals surface area contributed by atoms with Gasteiger partial charge in [0.15, 0.2) is 0 Å². The van der Waals surface area contributed by atoms with Crippen molar-refractivity contribution >= 4 is 35.4 Å². The molecule has 14 heteroatoms. The van der Waals surface area contributed by atoms with Crippen LogP contribution in [0.4, 0.5) is 8.78 Å². The predicted molar refractivity (Wildman–Crippen MR) is 252 cm³/mol. The van der Waals surface area contributed by atoms with Crippen molar-refractivity contribution in [1.82, 2.24) is 31.1 Å². The molecule has 2 saturated heterocycles. The van der Waals surface area contributed by atoms with E-state index >= 15 is 0 Å². The van der Waals surface area contributed by atoms with Gasteiger partial charge >= 0.3 is 0 Å². The molecule has 6 amide bonds. The first kappa shape index (κ1) is 47.3. The Labute approximate surface area is 394 Å². The minimum Gasteiger partial charge on any atom is -0.355 e. The van der Waals surface area contributed by atoms with Crippen molar-refractivity contribution in [2.45, 2.75) is 44.1 Å². The van der Waals surface area contributed by atoms with Crippen LogP contribution >= 0.6 is 0 Å². The third-order valence-corrected chi connectivity index (χ3v) is 13.5. The number of carbonyl (C=O) groups excluding carboxylic acids is 6. The van der Waals surface area contributed by atoms with E-state index in [9.17, 15) is 37.5 Å². The van der Waals surface area contributed by atoms with Gasteiger partial charge < -0.3 is 31.1 Å². The van der Waals surface area contributed by atoms with Gasteiger partial charge in [-0.2, -0.15) is 0 Å². The largest absolute Gasteiger partial charge is 0.355 e. The van der Waals surface area contributed by atoms with Crippen molar-refractivity contribution in [3.63, 3.8) is 0 Å². The molecule has 0 unspecified atom stereocenters. The average Bonchev–Trinajstić information content (AvgIpc) is 3.74. The Kier molecular flexibility index (Phi) is 15.0. The molecule has 1 saturated carbocycles. The Balaban J connectivity index is 0.918. The van der Waals surface area contributed by atoms with Crippen LogP contribution in [-0.4, -0.2) is 97.1 Å². The lowest BCUT2D eigenvalue weighted by Gasteiger charge is -2.19. The summed E-state index contributed by atoms with van der Waals surface area (Å²) in [6, 6.07) is 37.7. The summed E-state index contributed by atoms with van der Waals surface area (Å²) in [6.45, 7) is 2.85. The second kappa shape index (κ2) is 21.6. The SMILES string of the molecule is C[C@H](CNC(=O)[C@@H]1CN(C(=O)c2ccc(C(=O)N3C[C@@H](C(=O)NCCc4ccc(F)cc4)[C@H](C(=O)NCCc4ccc(F)cc4)C3)cc2)C[C@H]1C(=O)N[C@H]1C[C@@H]1c1ccccc1)c1ccccc1. The first-order valence-electron chi connectivity index (χ1n) is 23.3. The zero-order chi connectivity index (χ0) is 47.7. The predicted octanol–water partition coefficient (Wildman–Crippen LogP) is 5.65. The maximum absolute atomic E-state index is 14.1. The highest BCUT2D eigenvalue weighted by molar-refractivity contribution is 6.00. The zero-order valence-corrected chi connectivity index (χ0v) is 37.9. The van der Waals surface area contributed by atoms with Crippen molar-refractivity contribution in [3.05, 3.63) is 178 Å². The molecule has 0 aromatic heterocycles. The highest BCUT2D eigenvalue weighted by Gasteiger charge is 2.47. The van der Waals surface area contributed by atoms with Crippen molar-refractivity contribution in [2.75, 3.05) is 45.8 Å². The van der Waals surface area contributed by atoms with E-state index in [1.54, 1.807) is 24.3 Å². The third-order valence-electron chi connectivity index (χ3n) is 13.5. The molecule has 7 atom stereocenters. The summed E-state index contributed by atoms with van der Waals surface area (Å²) in [7, 11) is 0. The Morgan fingerprint density at radius 2 is 0.941 bits per heavy atom. The Bertz CT molecular complexity index is 2510. The van der Waals surface area contributed by atoms with Crippen LogP contribution in [0.1, 0.15) is 68.2 Å². The van der Waals surface area contributed by atoms with E-state index in [1.165, 1.54) is 58.3 Å². The number of benzene rings is 5. The van der Waals surface area contributed by atoms with Crippen LogP contribution in [0.15, 0.2) is 133 Å². The van der Waals surface area contributed by atoms with Gasteiger partial charge in [0.2, 0.25) is 23.6 Å². The summed E-state index contributed by atoms with van der Waals surface area (Å²) in [5.41, 5.74) is 4.36. The van der Waals surface area contributed by atoms with Gasteiger partial charge in [-0.3, -0.25) is 28.8 Å². The summed E-state index contributed by atoms with van der Waals surface area (Å²) in [6.07, 6.45) is 1.66. The smallest absolute Gasteiger partial charge is 0.253 e. The maximum atomic E-state index is 14.1. The molecule has 5 aromatic carbocycles. The number of rotatable bonds is 17. The van der Waals surface area contributed by atoms with Gasteiger partial charge in [0.05, 0.1) is 23.7 Å². The zero-order valence-electron chi connectivity index (χ0n) is 37.9. The van der Waals surface area contributed by atoms with E-state index in [1.807, 2.05) is 67.6 Å². The Hall–Kier alpha value is -7.22. The van der Waals surface area contributed by atoms with Crippen LogP contribution in [0.3, 0.4) is 0 Å². The maximum Gasteiger partial charge on any atom is 0.253 e. The molecule has 68 heavy (non-hydrogen) atoms. The molecule has 4 N–H and O–H groups in total. The lowest BCUT2D eigenvalue weighted by Crippen LogP contribution is -2.43. The van der Waals surface area contributed by atoms with E-state index in [0.717, 1.165) is 28.7 Å². The summed E-state index contributed by atoms with van der Waals surface area (Å²) in [4.78, 5) is 86.2. The molecule has 3 fully saturated rings. The monoisotopic (exact) mass is 922 g/mol. The second-order valence-corrected chi connectivity index (χ2v) is 18.2. The van der Waals surface area contributed by atoms with Gasteiger partial charge in [0.25, 0.3) is 11.8 Å². The minimum atomic E-state index is -0.866. The van der Waals surface area contributed by atoms with E-state index in [-0.39, 0.29) is 97.6 Å². The summed E-state index contributed by atoms with van der Waals surface area (Å²) in [5, 5.41) is 12.0. The first-order chi connectivity index (χ1) is 32.9. The number of amides is 6. The minimum absolute atomic E-state index is 0.0237. The number of halogens is 2. The van der Waals surface area contributed by atoms with Gasteiger partial charge in [-0.25, -0.2) is 8.78 Å². The highest BCUT2D eigenvalue weighted by Crippen LogP contribution is 2.41. The van der Waals surface area contributed by atoms with Gasteiger partial charge in [-0.15, -0.1) is 0 Å². The number of hydrogen-bond acceptors (Lipinski definition) is 6. The standard InChI is InChI=1S/C54H56F2N6O6/c1-34(37-8-4-2-5-9-37)29-59-51(65)46-32-62(33-47(46)52(66)60-48-28-43(48)38-10-6-3-7-11-38)54(68)40-18-16-39(17-19-40)53(67)61-30-44(49(63)57-26-24-35-12-20-41(55)21-13-35)45(31-61)50(64)58-27-25-36-14-22-42(56)23-15-36/h2-23,34,43-48H,24-33H2,1H3,(H,57,63)(H,58,64)(H,59,65)(H,60,66)/t34-,43-,44-,45-,46-,47-,48+/m1/s1. The summed E-state index contributed by atoms with van der Waals surface area (Å²) in [5.74, 6) is -6.00. The van der Waals surface area contributed by atoms with E-state index in [0.29, 0.717) is 19.4 Å². The average molecular weight is 923 g/mol. The number of hydrogen-bond donors (Lipinski definition) is 4. The van der Waals surface area contributed by atoms with Crippen molar-refractivity contribution < 1.29 is 37.5 Å². The highest BCUT2D eigenvalue weighted by atomic mass is 19.1. The van der Waals surface area contributed by atoms with Crippen molar-refractivity contribution in [2.24, 2.45) is 23.7 Å². The molecule has 0 bridgehead atoms. The van der Waals surface area contributed by atoms with Gasteiger partial charge in [-0.05, 0) is 96.0 Å². The molecular weight excluding hydrogens is 867 g/mol. The van der Waals surface area contributed by atoms with Crippen LogP contribution in [0.25, 0.3) is 0 Å². The number of nitrogens with one attached hydrogen (secondary N) is 4. The van der Waals surface area contributed by atoms with E-state index in [4.69, 9.17) is 0 Å². The number of carbonyl (C=O) groups is 6. The quantitative estimate of drug-likeness (QED) is 0.0945. The van der Waals surface area contributed by atoms with Crippen LogP contribution in [0.5, 0.6) is 0 Å². The van der Waals surface area contributed by atoms with Crippen LogP contribution in [0, 0.1) is 35.3 Å². The second-order valence-electron chi connectivity index (χ2n) is 18.2. The first-order valence-corrected chi connectivity index (χ1v) is 23.3. The number of nitrogens with zero attached hydrogens (tertiary/aromatic N) is 2. The fraction of sp³-hybridized carbons (Fsp3) is 0.333. The Morgan fingerprint density at radius 1 is 0.529 bits per heavy atom. The van der Waals surface area contributed by atoms with Crippen molar-refractivity contribution in [1.29, 1.82) is 0 Å². The molecule has 0 radical (unpaired) electrons. The lowest BCUT2D eigenvalue weighted by molar-refractivity contribution is -0.133. The fourth-order valence-electron chi connectivity index (χ4n) is 9.34. The molecule has 352 valence electrons. The van der Waals surface area contributed by atoms with Gasteiger partial charge in [0.1, 0.15) is 11.6 Å². The lowest BCUT2D eigenvalue weighted by atomic mass is 9.93. The van der Waals surface area contributed by atoms with Gasteiger partial charge in [-0.1, -0.05) is 91.9 Å². The Morgan fingerprint density at radius 3 is 1.40 bits per heavy atom. The molecule has 0 spiro atoms. The molecule has 1 aliphatic carbocycles. The van der Waals surface area contributed by atoms with E-state index < -0.39 is 41.4 Å². The number of likely N-dealkylation sites (tertiary alicyclic amines) is 2. The third kappa shape index (κ3) is 11.7. The fourth-order valence-corrected chi connectivity index (χ4v) is 9.34. The van der Waals surface area contributed by atoms with E-state index in [2.05, 4.69) is 21.3 Å². The normalized spacial score (nSPS) is 21.1. The molecular formula is C54H56F2N6O6. The van der Waals surface area contributed by atoms with Crippen molar-refractivity contribution in [3.8, 4) is 0 Å². The summed E-state index contributed by atoms with van der Waals surface area (Å²) < 4.78 is 26.9. The van der Waals surface area contributed by atoms with Gasteiger partial charge in [0, 0.05) is 68.9 Å². The van der Waals surface area contributed by atoms with Crippen LogP contribution in [-0.2, 0) is 32.0 Å². The topological polar surface area (TPSA) is 157 Å². The summed E-state index contributed by atoms with van der Waals surface area (Å²) >= 11 is 0.